The molecule has 3 heterocycles. The van der Waals surface area contributed by atoms with E-state index in [4.69, 9.17) is 9.72 Å². The number of hydrogen-bond donors (Lipinski definition) is 0. The second-order valence-corrected chi connectivity index (χ2v) is 8.04. The number of fused-ring (bicyclic) bond motifs is 2. The van der Waals surface area contributed by atoms with Crippen molar-refractivity contribution >= 4 is 5.91 Å². The van der Waals surface area contributed by atoms with E-state index in [-0.39, 0.29) is 11.3 Å². The second kappa shape index (κ2) is 7.07. The highest BCUT2D eigenvalue weighted by Gasteiger charge is 2.44. The SMILES string of the molecule is COc1cccc(-c2cnc3n2CCC32CCN(C(=O)c3ccccc3)CC2)c1. The summed E-state index contributed by atoms with van der Waals surface area (Å²) in [5.41, 5.74) is 3.15. The fourth-order valence-electron chi connectivity index (χ4n) is 4.85. The van der Waals surface area contributed by atoms with Crippen molar-refractivity contribution in [3.05, 3.63) is 72.2 Å². The third-order valence-corrected chi connectivity index (χ3v) is 6.54. The van der Waals surface area contributed by atoms with E-state index in [1.54, 1.807) is 7.11 Å². The summed E-state index contributed by atoms with van der Waals surface area (Å²) < 4.78 is 7.75. The van der Waals surface area contributed by atoms with Gasteiger partial charge in [0.15, 0.2) is 0 Å². The molecule has 148 valence electrons. The Labute approximate surface area is 170 Å². The number of aromatic nitrogens is 2. The summed E-state index contributed by atoms with van der Waals surface area (Å²) in [4.78, 5) is 19.6. The van der Waals surface area contributed by atoms with Crippen molar-refractivity contribution in [2.24, 2.45) is 0 Å². The molecule has 0 N–H and O–H groups in total. The summed E-state index contributed by atoms with van der Waals surface area (Å²) in [6.45, 7) is 2.55. The monoisotopic (exact) mass is 387 g/mol. The van der Waals surface area contributed by atoms with E-state index in [0.29, 0.717) is 0 Å². The minimum atomic E-state index is 0.0879. The molecule has 1 aromatic heterocycles. The lowest BCUT2D eigenvalue weighted by molar-refractivity contribution is 0.0663. The van der Waals surface area contributed by atoms with Crippen LogP contribution in [0.15, 0.2) is 60.8 Å². The molecule has 0 radical (unpaired) electrons. The quantitative estimate of drug-likeness (QED) is 0.679. The van der Waals surface area contributed by atoms with E-state index in [9.17, 15) is 4.79 Å². The predicted molar refractivity (Wildman–Crippen MR) is 112 cm³/mol. The highest BCUT2D eigenvalue weighted by molar-refractivity contribution is 5.94. The number of piperidine rings is 1. The largest absolute Gasteiger partial charge is 0.497 e. The zero-order chi connectivity index (χ0) is 19.8. The van der Waals surface area contributed by atoms with Gasteiger partial charge in [-0.1, -0.05) is 30.3 Å². The van der Waals surface area contributed by atoms with Gasteiger partial charge in [-0.25, -0.2) is 4.98 Å². The number of ether oxygens (including phenoxy) is 1. The van der Waals surface area contributed by atoms with Gasteiger partial charge in [-0.15, -0.1) is 0 Å². The van der Waals surface area contributed by atoms with Crippen LogP contribution in [0.4, 0.5) is 0 Å². The number of imidazole rings is 1. The summed E-state index contributed by atoms with van der Waals surface area (Å²) in [6, 6.07) is 17.7. The van der Waals surface area contributed by atoms with Crippen LogP contribution in [0.2, 0.25) is 0 Å². The minimum absolute atomic E-state index is 0.0879. The molecule has 2 aromatic carbocycles. The van der Waals surface area contributed by atoms with Crippen LogP contribution in [0.5, 0.6) is 5.75 Å². The molecule has 1 spiro atoms. The van der Waals surface area contributed by atoms with E-state index < -0.39 is 0 Å². The van der Waals surface area contributed by atoms with Gasteiger partial charge in [-0.2, -0.15) is 0 Å². The van der Waals surface area contributed by atoms with Gasteiger partial charge in [0.05, 0.1) is 19.0 Å². The van der Waals surface area contributed by atoms with Crippen molar-refractivity contribution in [2.45, 2.75) is 31.2 Å². The Bertz CT molecular complexity index is 1030. The molecule has 0 bridgehead atoms. The summed E-state index contributed by atoms with van der Waals surface area (Å²) >= 11 is 0. The minimum Gasteiger partial charge on any atom is -0.497 e. The maximum Gasteiger partial charge on any atom is 0.253 e. The number of methoxy groups -OCH3 is 1. The van der Waals surface area contributed by atoms with Crippen LogP contribution in [0, 0.1) is 0 Å². The summed E-state index contributed by atoms with van der Waals surface area (Å²) in [7, 11) is 1.69. The molecule has 0 aliphatic carbocycles. The van der Waals surface area contributed by atoms with Crippen LogP contribution >= 0.6 is 0 Å². The van der Waals surface area contributed by atoms with Crippen molar-refractivity contribution in [3.63, 3.8) is 0 Å². The molecule has 2 aliphatic rings. The zero-order valence-electron chi connectivity index (χ0n) is 16.7. The van der Waals surface area contributed by atoms with E-state index in [1.807, 2.05) is 53.6 Å². The molecule has 29 heavy (non-hydrogen) atoms. The molecule has 3 aromatic rings. The molecular weight excluding hydrogens is 362 g/mol. The van der Waals surface area contributed by atoms with Gasteiger partial charge in [0.2, 0.25) is 0 Å². The lowest BCUT2D eigenvalue weighted by atomic mass is 9.76. The van der Waals surface area contributed by atoms with E-state index >= 15 is 0 Å². The van der Waals surface area contributed by atoms with E-state index in [0.717, 1.165) is 61.5 Å². The standard InChI is InChI=1S/C24H25N3O2/c1-29-20-9-5-8-19(16-20)21-17-25-23-24(12-15-27(21)23)10-13-26(14-11-24)22(28)18-6-3-2-4-7-18/h2-9,16-17H,10-15H2,1H3. The molecule has 5 heteroatoms. The second-order valence-electron chi connectivity index (χ2n) is 8.04. The number of likely N-dealkylation sites (tertiary alicyclic amines) is 1. The number of carbonyl (C=O) groups excluding carboxylic acids is 1. The molecule has 0 atom stereocenters. The molecule has 5 rings (SSSR count). The van der Waals surface area contributed by atoms with Crippen molar-refractivity contribution in [1.82, 2.24) is 14.5 Å². The molecule has 5 nitrogen and oxygen atoms in total. The fraction of sp³-hybridized carbons (Fsp3) is 0.333. The van der Waals surface area contributed by atoms with Crippen molar-refractivity contribution in [2.75, 3.05) is 20.2 Å². The van der Waals surface area contributed by atoms with Gasteiger partial charge in [0.25, 0.3) is 5.91 Å². The summed E-state index contributed by atoms with van der Waals surface area (Å²) in [6.07, 6.45) is 5.04. The molecule has 1 fully saturated rings. The smallest absolute Gasteiger partial charge is 0.253 e. The molecule has 1 amide bonds. The van der Waals surface area contributed by atoms with Crippen LogP contribution in [0.25, 0.3) is 11.3 Å². The lowest BCUT2D eigenvalue weighted by Gasteiger charge is -2.38. The van der Waals surface area contributed by atoms with Crippen molar-refractivity contribution in [1.29, 1.82) is 0 Å². The Morgan fingerprint density at radius 3 is 2.52 bits per heavy atom. The number of amides is 1. The number of rotatable bonds is 3. The average molecular weight is 387 g/mol. The normalized spacial score (nSPS) is 17.3. The lowest BCUT2D eigenvalue weighted by Crippen LogP contribution is -2.44. The number of nitrogens with zero attached hydrogens (tertiary/aromatic N) is 3. The van der Waals surface area contributed by atoms with Gasteiger partial charge >= 0.3 is 0 Å². The fourth-order valence-corrected chi connectivity index (χ4v) is 4.85. The van der Waals surface area contributed by atoms with Crippen LogP contribution in [0.1, 0.15) is 35.4 Å². The first-order valence-electron chi connectivity index (χ1n) is 10.2. The molecule has 1 saturated heterocycles. The molecule has 0 unspecified atom stereocenters. The number of carbonyl (C=O) groups is 1. The van der Waals surface area contributed by atoms with Gasteiger partial charge < -0.3 is 14.2 Å². The van der Waals surface area contributed by atoms with E-state index in [2.05, 4.69) is 16.7 Å². The Kier molecular flexibility index (Phi) is 4.38. The highest BCUT2D eigenvalue weighted by atomic mass is 16.5. The average Bonchev–Trinajstić information content (AvgIpc) is 3.36. The van der Waals surface area contributed by atoms with Crippen LogP contribution in [-0.2, 0) is 12.0 Å². The van der Waals surface area contributed by atoms with Gasteiger partial charge in [0, 0.05) is 36.2 Å². The number of hydrogen-bond acceptors (Lipinski definition) is 3. The molecule has 0 saturated carbocycles. The summed E-state index contributed by atoms with van der Waals surface area (Å²) in [5.74, 6) is 2.18. The van der Waals surface area contributed by atoms with Gasteiger partial charge in [0.1, 0.15) is 11.6 Å². The maximum absolute atomic E-state index is 12.8. The highest BCUT2D eigenvalue weighted by Crippen LogP contribution is 2.45. The third-order valence-electron chi connectivity index (χ3n) is 6.54. The molecular formula is C24H25N3O2. The molecule has 2 aliphatic heterocycles. The van der Waals surface area contributed by atoms with Crippen LogP contribution in [0.3, 0.4) is 0 Å². The third kappa shape index (κ3) is 3.01. The van der Waals surface area contributed by atoms with Crippen LogP contribution in [-0.4, -0.2) is 40.6 Å². The topological polar surface area (TPSA) is 47.4 Å². The Hall–Kier alpha value is -3.08. The van der Waals surface area contributed by atoms with Gasteiger partial charge in [-0.05, 0) is 43.5 Å². The van der Waals surface area contributed by atoms with Crippen LogP contribution < -0.4 is 4.74 Å². The first-order chi connectivity index (χ1) is 14.2. The Morgan fingerprint density at radius 1 is 1.00 bits per heavy atom. The first kappa shape index (κ1) is 18.0. The zero-order valence-corrected chi connectivity index (χ0v) is 16.7. The summed E-state index contributed by atoms with van der Waals surface area (Å²) in [5, 5.41) is 0. The Morgan fingerprint density at radius 2 is 1.76 bits per heavy atom. The van der Waals surface area contributed by atoms with Crippen molar-refractivity contribution < 1.29 is 9.53 Å². The number of benzene rings is 2. The predicted octanol–water partition coefficient (Wildman–Crippen LogP) is 4.14. The maximum atomic E-state index is 12.8. The van der Waals surface area contributed by atoms with E-state index in [1.165, 1.54) is 5.82 Å². The Balaban J connectivity index is 1.36. The van der Waals surface area contributed by atoms with Gasteiger partial charge in [-0.3, -0.25) is 4.79 Å². The first-order valence-corrected chi connectivity index (χ1v) is 10.2. The van der Waals surface area contributed by atoms with Crippen molar-refractivity contribution in [3.8, 4) is 17.0 Å².